The van der Waals surface area contributed by atoms with Crippen LogP contribution in [0.15, 0.2) is 36.4 Å². The maximum Gasteiger partial charge on any atom is 0.338 e. The molecule has 0 aromatic heterocycles. The Balaban J connectivity index is 1.62. The number of allylic oxidation sites excluding steroid dienone is 1. The van der Waals surface area contributed by atoms with Crippen molar-refractivity contribution >= 4 is 23.8 Å². The summed E-state index contributed by atoms with van der Waals surface area (Å²) < 4.78 is 21.8. The number of ketones is 1. The molecule has 29 heavy (non-hydrogen) atoms. The minimum atomic E-state index is -1.33. The molecule has 0 unspecified atom stereocenters. The molecule has 0 amide bonds. The van der Waals surface area contributed by atoms with Gasteiger partial charge in [0.2, 0.25) is 0 Å². The predicted octanol–water partition coefficient (Wildman–Crippen LogP) is 2.67. The van der Waals surface area contributed by atoms with E-state index in [9.17, 15) is 14.4 Å². The summed E-state index contributed by atoms with van der Waals surface area (Å²) in [5.74, 6) is -2.42. The molecule has 4 atom stereocenters. The molecule has 1 aromatic carbocycles. The second-order valence-electron chi connectivity index (χ2n) is 8.00. The summed E-state index contributed by atoms with van der Waals surface area (Å²) in [4.78, 5) is 36.9. The molecule has 0 N–H and O–H groups in total. The third-order valence-electron chi connectivity index (χ3n) is 5.24. The highest BCUT2D eigenvalue weighted by Crippen LogP contribution is 2.36. The predicted molar refractivity (Wildman–Crippen MR) is 104 cm³/mol. The van der Waals surface area contributed by atoms with Gasteiger partial charge in [-0.05, 0) is 39.7 Å². The third-order valence-corrected chi connectivity index (χ3v) is 5.24. The van der Waals surface area contributed by atoms with Gasteiger partial charge in [0.05, 0.1) is 0 Å². The SMILES string of the molecule is CC(=O)[C@@](C)(C/C=C/c1ccccc1)C(=O)OC[C@H]1OC(=O)[C@@H]2OC(C)(C)O[C@H]12. The van der Waals surface area contributed by atoms with Gasteiger partial charge >= 0.3 is 11.9 Å². The van der Waals surface area contributed by atoms with Crippen molar-refractivity contribution < 1.29 is 33.3 Å². The van der Waals surface area contributed by atoms with Crippen LogP contribution in [0.5, 0.6) is 0 Å². The number of ether oxygens (including phenoxy) is 4. The molecule has 0 aliphatic carbocycles. The average molecular weight is 402 g/mol. The van der Waals surface area contributed by atoms with E-state index in [1.165, 1.54) is 6.92 Å². The molecular weight excluding hydrogens is 376 g/mol. The normalized spacial score (nSPS) is 27.3. The summed E-state index contributed by atoms with van der Waals surface area (Å²) >= 11 is 0. The van der Waals surface area contributed by atoms with E-state index >= 15 is 0 Å². The Bertz CT molecular complexity index is 814. The van der Waals surface area contributed by atoms with E-state index in [4.69, 9.17) is 18.9 Å². The standard InChI is InChI=1S/C22H26O7/c1-14(23)22(4,12-8-11-15-9-6-5-7-10-15)20(25)26-13-16-17-18(19(24)27-16)29-21(2,3)28-17/h5-11,16-18H,12-13H2,1-4H3/b11-8+/t16-,17-,18-,22-/m1/s1. The summed E-state index contributed by atoms with van der Waals surface area (Å²) in [6.07, 6.45) is 1.57. The van der Waals surface area contributed by atoms with E-state index in [1.807, 2.05) is 36.4 Å². The molecule has 2 saturated heterocycles. The summed E-state index contributed by atoms with van der Waals surface area (Å²) in [6, 6.07) is 9.58. The lowest BCUT2D eigenvalue weighted by Crippen LogP contribution is -2.39. The first-order valence-corrected chi connectivity index (χ1v) is 9.58. The fourth-order valence-corrected chi connectivity index (χ4v) is 3.34. The maximum atomic E-state index is 12.7. The van der Waals surface area contributed by atoms with E-state index in [-0.39, 0.29) is 18.8 Å². The van der Waals surface area contributed by atoms with Gasteiger partial charge in [0.15, 0.2) is 18.0 Å². The molecular formula is C22H26O7. The molecule has 0 saturated carbocycles. The molecule has 0 radical (unpaired) electrons. The van der Waals surface area contributed by atoms with Gasteiger partial charge in [0.1, 0.15) is 23.9 Å². The third kappa shape index (κ3) is 4.57. The molecule has 1 aromatic rings. The largest absolute Gasteiger partial charge is 0.461 e. The molecule has 2 fully saturated rings. The van der Waals surface area contributed by atoms with Crippen molar-refractivity contribution in [3.05, 3.63) is 42.0 Å². The van der Waals surface area contributed by atoms with Gasteiger partial charge in [-0.15, -0.1) is 0 Å². The van der Waals surface area contributed by atoms with Crippen molar-refractivity contribution in [1.82, 2.24) is 0 Å². The van der Waals surface area contributed by atoms with Gasteiger partial charge in [-0.25, -0.2) is 4.79 Å². The number of esters is 2. The number of carbonyl (C=O) groups excluding carboxylic acids is 3. The van der Waals surface area contributed by atoms with Gasteiger partial charge in [-0.3, -0.25) is 9.59 Å². The smallest absolute Gasteiger partial charge is 0.338 e. The number of hydrogen-bond acceptors (Lipinski definition) is 7. The maximum absolute atomic E-state index is 12.7. The number of hydrogen-bond donors (Lipinski definition) is 0. The summed E-state index contributed by atoms with van der Waals surface area (Å²) in [6.45, 7) is 6.12. The van der Waals surface area contributed by atoms with Gasteiger partial charge in [-0.2, -0.15) is 0 Å². The zero-order chi connectivity index (χ0) is 21.2. The van der Waals surface area contributed by atoms with Crippen molar-refractivity contribution in [3.8, 4) is 0 Å². The van der Waals surface area contributed by atoms with Gasteiger partial charge in [0, 0.05) is 0 Å². The Kier molecular flexibility index (Phi) is 5.91. The molecule has 2 heterocycles. The number of carbonyl (C=O) groups is 3. The Morgan fingerprint density at radius 1 is 1.21 bits per heavy atom. The molecule has 7 nitrogen and oxygen atoms in total. The highest BCUT2D eigenvalue weighted by atomic mass is 16.8. The van der Waals surface area contributed by atoms with Crippen LogP contribution in [0.4, 0.5) is 0 Å². The molecule has 0 bridgehead atoms. The lowest BCUT2D eigenvalue weighted by molar-refractivity contribution is -0.192. The number of cyclic esters (lactones) is 1. The van der Waals surface area contributed by atoms with Crippen molar-refractivity contribution in [3.63, 3.8) is 0 Å². The van der Waals surface area contributed by atoms with Crippen molar-refractivity contribution in [2.24, 2.45) is 5.41 Å². The molecule has 3 rings (SSSR count). The molecule has 2 aliphatic heterocycles. The second-order valence-corrected chi connectivity index (χ2v) is 8.00. The Morgan fingerprint density at radius 3 is 2.55 bits per heavy atom. The van der Waals surface area contributed by atoms with Crippen molar-refractivity contribution in [1.29, 1.82) is 0 Å². The van der Waals surface area contributed by atoms with Crippen LogP contribution in [0.3, 0.4) is 0 Å². The van der Waals surface area contributed by atoms with E-state index in [1.54, 1.807) is 26.8 Å². The summed E-state index contributed by atoms with van der Waals surface area (Å²) in [7, 11) is 0. The second kappa shape index (κ2) is 8.08. The minimum Gasteiger partial charge on any atom is -0.461 e. The van der Waals surface area contributed by atoms with Crippen LogP contribution in [0, 0.1) is 5.41 Å². The first-order valence-electron chi connectivity index (χ1n) is 9.58. The van der Waals surface area contributed by atoms with Crippen LogP contribution in [0.25, 0.3) is 6.08 Å². The lowest BCUT2D eigenvalue weighted by Gasteiger charge is -2.25. The van der Waals surface area contributed by atoms with E-state index in [0.717, 1.165) is 5.56 Å². The molecule has 156 valence electrons. The van der Waals surface area contributed by atoms with E-state index < -0.39 is 41.5 Å². The van der Waals surface area contributed by atoms with Crippen LogP contribution in [0.1, 0.15) is 39.7 Å². The molecule has 7 heteroatoms. The van der Waals surface area contributed by atoms with Crippen LogP contribution in [0.2, 0.25) is 0 Å². The summed E-state index contributed by atoms with van der Waals surface area (Å²) in [5.41, 5.74) is -0.365. The fourth-order valence-electron chi connectivity index (χ4n) is 3.34. The quantitative estimate of drug-likeness (QED) is 0.512. The minimum absolute atomic E-state index is 0.194. The number of Topliss-reactive ketones (excluding diaryl/α,β-unsaturated/α-hetero) is 1. The number of benzene rings is 1. The highest BCUT2D eigenvalue weighted by Gasteiger charge is 2.56. The molecule has 2 aliphatic rings. The zero-order valence-corrected chi connectivity index (χ0v) is 17.0. The van der Waals surface area contributed by atoms with E-state index in [2.05, 4.69) is 0 Å². The first kappa shape index (κ1) is 21.2. The number of fused-ring (bicyclic) bond motifs is 1. The van der Waals surface area contributed by atoms with Crippen molar-refractivity contribution in [2.75, 3.05) is 6.61 Å². The number of rotatable bonds is 7. The zero-order valence-electron chi connectivity index (χ0n) is 17.0. The van der Waals surface area contributed by atoms with Gasteiger partial charge in [-0.1, -0.05) is 42.5 Å². The molecule has 0 spiro atoms. The Morgan fingerprint density at radius 2 is 1.90 bits per heavy atom. The van der Waals surface area contributed by atoms with Crippen LogP contribution < -0.4 is 0 Å². The lowest BCUT2D eigenvalue weighted by atomic mass is 9.82. The van der Waals surface area contributed by atoms with Gasteiger partial charge < -0.3 is 18.9 Å². The Labute approximate surface area is 170 Å². The van der Waals surface area contributed by atoms with Crippen LogP contribution >= 0.6 is 0 Å². The average Bonchev–Trinajstić information content (AvgIpc) is 3.13. The first-order chi connectivity index (χ1) is 13.6. The van der Waals surface area contributed by atoms with Gasteiger partial charge in [0.25, 0.3) is 0 Å². The van der Waals surface area contributed by atoms with E-state index in [0.29, 0.717) is 0 Å². The van der Waals surface area contributed by atoms with Crippen LogP contribution in [-0.4, -0.2) is 48.4 Å². The van der Waals surface area contributed by atoms with Crippen molar-refractivity contribution in [2.45, 2.75) is 58.2 Å². The Hall–Kier alpha value is -2.51. The highest BCUT2D eigenvalue weighted by molar-refractivity contribution is 6.02. The topological polar surface area (TPSA) is 88.1 Å². The van der Waals surface area contributed by atoms with Crippen LogP contribution in [-0.2, 0) is 33.3 Å². The monoisotopic (exact) mass is 402 g/mol. The summed E-state index contributed by atoms with van der Waals surface area (Å²) in [5, 5.41) is 0. The fraction of sp³-hybridized carbons (Fsp3) is 0.500.